The molecule has 12 heteroatoms. The maximum absolute atomic E-state index is 9.85. The van der Waals surface area contributed by atoms with Crippen LogP contribution in [0, 0.1) is 0 Å². The molecule has 27 rings (SSSR count). The van der Waals surface area contributed by atoms with E-state index in [0.29, 0.717) is 15.9 Å². The minimum Gasteiger partial charge on any atom is -0.423 e. The van der Waals surface area contributed by atoms with Crippen molar-refractivity contribution in [2.24, 2.45) is 0 Å². The second-order valence-electron chi connectivity index (χ2n) is 37.5. The fourth-order valence-corrected chi connectivity index (χ4v) is 22.6. The highest BCUT2D eigenvalue weighted by Gasteiger charge is 2.53. The summed E-state index contributed by atoms with van der Waals surface area (Å²) in [5.41, 5.74) is 47.1. The van der Waals surface area contributed by atoms with Gasteiger partial charge < -0.3 is 20.1 Å². The molecule has 708 valence electrons. The van der Waals surface area contributed by atoms with Gasteiger partial charge in [-0.15, -0.1) is 0 Å². The molecule has 0 aliphatic heterocycles. The Morgan fingerprint density at radius 3 is 0.658 bits per heavy atom. The van der Waals surface area contributed by atoms with E-state index in [0.717, 1.165) is 127 Å². The SMILES string of the molecule is Brc1cccc(-c2cc(-c3ccccc3)nc(-c3ccccc3)c2)c1.Clc1cccc(-c2cccc(-c3cc(-c4ccccc4)nc(-c4ccccc4)c3)c2)c1.OB(O)c1ccc2c(c1)C1(c3ccccc3-c3ccccc31)c1ccccc1-2.OB(O)c1cccc(Cl)c1.c1ccc(-c2cc(-c3cccc(-c4cccc(-c5ccc6c(c5)C5(c7ccccc7-c7ccccc75)c5ccccc5-6)c4)c3)cc(-c3ccccc3)n2)cc1. The van der Waals surface area contributed by atoms with Crippen molar-refractivity contribution in [1.82, 2.24) is 15.0 Å². The van der Waals surface area contributed by atoms with Crippen molar-refractivity contribution >= 4 is 64.3 Å². The molecule has 4 N–H and O–H groups in total. The van der Waals surface area contributed by atoms with Crippen LogP contribution in [0.1, 0.15) is 44.5 Å². The first kappa shape index (κ1) is 95.4. The fraction of sp³-hybridized carbons (Fsp3) is 0.0146. The van der Waals surface area contributed by atoms with Gasteiger partial charge in [-0.3, -0.25) is 0 Å². The summed E-state index contributed by atoms with van der Waals surface area (Å²) < 4.78 is 1.07. The predicted octanol–water partition coefficient (Wildman–Crippen LogP) is 32.7. The molecule has 0 bridgehead atoms. The quantitative estimate of drug-likeness (QED) is 0.0801. The normalized spacial score (nSPS) is 12.1. The molecule has 4 aliphatic carbocycles. The van der Waals surface area contributed by atoms with Crippen LogP contribution in [0.2, 0.25) is 10.0 Å². The van der Waals surface area contributed by atoms with E-state index in [1.54, 1.807) is 18.2 Å². The van der Waals surface area contributed by atoms with Crippen LogP contribution < -0.4 is 10.9 Å². The molecule has 0 saturated heterocycles. The minimum absolute atomic E-state index is 0.358. The molecule has 23 aromatic rings. The number of nitrogens with zero attached hydrogens (tertiary/aromatic N) is 3. The molecule has 20 aromatic carbocycles. The van der Waals surface area contributed by atoms with Gasteiger partial charge in [0.2, 0.25) is 0 Å². The molecule has 7 nitrogen and oxygen atoms in total. The van der Waals surface area contributed by atoms with E-state index in [1.807, 2.05) is 115 Å². The smallest absolute Gasteiger partial charge is 0.423 e. The van der Waals surface area contributed by atoms with Crippen LogP contribution in [0.3, 0.4) is 0 Å². The summed E-state index contributed by atoms with van der Waals surface area (Å²) in [6.45, 7) is 0. The molecule has 3 aromatic heterocycles. The first-order valence-corrected chi connectivity index (χ1v) is 51.4. The summed E-state index contributed by atoms with van der Waals surface area (Å²) in [5.74, 6) is 0. The van der Waals surface area contributed by atoms with E-state index in [2.05, 4.69) is 422 Å². The number of rotatable bonds is 14. The van der Waals surface area contributed by atoms with Gasteiger partial charge in [0.05, 0.1) is 45.0 Å². The van der Waals surface area contributed by atoms with Crippen LogP contribution in [0.5, 0.6) is 0 Å². The summed E-state index contributed by atoms with van der Waals surface area (Å²) in [4.78, 5) is 15.0. The Hall–Kier alpha value is -17.1. The molecule has 2 spiro atoms. The Bertz CT molecular complexity index is 8610. The standard InChI is InChI=1S/C54H35N.C29H20ClN.C25H17BO2.C23H16BrN.C6H6BClO2/c1-3-15-36(16-4-1)52-34-43(35-53(55-52)37-17-5-2-6-18-37)41-22-14-20-39(32-41)38-19-13-21-40(31-38)42-29-30-47-46-25-9-12-28-50(46)54(51(47)33-42)48-26-10-7-23-44(48)45-24-8-11-27-49(45)54;30-27-16-8-15-25(18-27)23-13-7-14-24(17-23)26-19-28(21-9-3-1-4-10-21)31-29(20-26)22-11-5-2-6-12-22;27-26(28)16-13-14-20-19-9-3-6-12-23(19)25(24(20)15-16)21-10-4-1-7-17(21)18-8-2-5-11-22(18)25;24-21-13-7-12-19(14-21)20-15-22(17-8-3-1-4-9-17)25-23(16-20)18-10-5-2-6-11-18;8-6-3-1-2-5(4-6)7(9)10/h1-35H;1-20H;1-15,27-28H;1-16H;1-4,9-10H. The molecular formula is C137H94B2BrCl2N3O4. The molecule has 3 heterocycles. The third kappa shape index (κ3) is 18.9. The minimum atomic E-state index is -1.49. The number of halogens is 3. The van der Waals surface area contributed by atoms with Gasteiger partial charge in [0, 0.05) is 47.9 Å². The second-order valence-corrected chi connectivity index (χ2v) is 39.3. The highest BCUT2D eigenvalue weighted by atomic mass is 79.9. The zero-order chi connectivity index (χ0) is 101. The van der Waals surface area contributed by atoms with E-state index in [1.165, 1.54) is 112 Å². The summed E-state index contributed by atoms with van der Waals surface area (Å²) in [6.07, 6.45) is 0. The lowest BCUT2D eigenvalue weighted by molar-refractivity contribution is 0.424. The Kier molecular flexibility index (Phi) is 27.0. The van der Waals surface area contributed by atoms with Crippen LogP contribution in [0.4, 0.5) is 0 Å². The summed E-state index contributed by atoms with van der Waals surface area (Å²) >= 11 is 15.4. The first-order chi connectivity index (χ1) is 73.2. The molecule has 0 unspecified atom stereocenters. The molecule has 0 atom stereocenters. The van der Waals surface area contributed by atoms with Crippen molar-refractivity contribution in [3.05, 3.63) is 605 Å². The van der Waals surface area contributed by atoms with Crippen molar-refractivity contribution < 1.29 is 20.1 Å². The number of hydrogen-bond acceptors (Lipinski definition) is 7. The number of pyridine rings is 3. The number of fused-ring (bicyclic) bond motifs is 20. The largest absolute Gasteiger partial charge is 0.488 e. The second kappa shape index (κ2) is 42.1. The summed E-state index contributed by atoms with van der Waals surface area (Å²) in [5, 5.41) is 38.2. The van der Waals surface area contributed by atoms with Crippen molar-refractivity contribution in [2.75, 3.05) is 0 Å². The van der Waals surface area contributed by atoms with Crippen molar-refractivity contribution in [2.45, 2.75) is 10.8 Å². The Morgan fingerprint density at radius 1 is 0.161 bits per heavy atom. The molecule has 0 fully saturated rings. The number of benzene rings is 20. The van der Waals surface area contributed by atoms with E-state index < -0.39 is 19.7 Å². The van der Waals surface area contributed by atoms with Crippen LogP contribution in [-0.4, -0.2) is 49.3 Å². The summed E-state index contributed by atoms with van der Waals surface area (Å²) in [7, 11) is -2.92. The van der Waals surface area contributed by atoms with Crippen LogP contribution >= 0.6 is 39.1 Å². The third-order valence-electron chi connectivity index (χ3n) is 28.6. The van der Waals surface area contributed by atoms with Crippen molar-refractivity contribution in [3.8, 4) is 179 Å². The van der Waals surface area contributed by atoms with E-state index in [4.69, 9.17) is 48.2 Å². The molecule has 4 aliphatic rings. The van der Waals surface area contributed by atoms with Gasteiger partial charge in [0.15, 0.2) is 0 Å². The van der Waals surface area contributed by atoms with Gasteiger partial charge in [-0.1, -0.05) is 488 Å². The lowest BCUT2D eigenvalue weighted by atomic mass is 9.68. The highest BCUT2D eigenvalue weighted by Crippen LogP contribution is 2.65. The fourth-order valence-electron chi connectivity index (χ4n) is 21.8. The summed E-state index contributed by atoms with van der Waals surface area (Å²) in [6, 6.07) is 190. The molecule has 149 heavy (non-hydrogen) atoms. The van der Waals surface area contributed by atoms with Gasteiger partial charge >= 0.3 is 14.2 Å². The van der Waals surface area contributed by atoms with Crippen LogP contribution in [0.15, 0.2) is 550 Å². The highest BCUT2D eigenvalue weighted by molar-refractivity contribution is 9.10. The van der Waals surface area contributed by atoms with Crippen molar-refractivity contribution in [3.63, 3.8) is 0 Å². The average Bonchev–Trinajstić information content (AvgIpc) is 1.51. The van der Waals surface area contributed by atoms with Gasteiger partial charge in [0.1, 0.15) is 0 Å². The van der Waals surface area contributed by atoms with E-state index >= 15 is 0 Å². The topological polar surface area (TPSA) is 120 Å². The lowest BCUT2D eigenvalue weighted by Gasteiger charge is -2.30. The predicted molar refractivity (Wildman–Crippen MR) is 621 cm³/mol. The third-order valence-corrected chi connectivity index (χ3v) is 29.6. The average molecular weight is 2020 g/mol. The maximum atomic E-state index is 9.85. The zero-order valence-corrected chi connectivity index (χ0v) is 84.0. The number of aromatic nitrogens is 3. The monoisotopic (exact) mass is 2020 g/mol. The Labute approximate surface area is 887 Å². The number of hydrogen-bond donors (Lipinski definition) is 4. The van der Waals surface area contributed by atoms with E-state index in [-0.39, 0.29) is 5.41 Å². The molecule has 0 saturated carbocycles. The Morgan fingerprint density at radius 2 is 0.376 bits per heavy atom. The maximum Gasteiger partial charge on any atom is 0.488 e. The van der Waals surface area contributed by atoms with E-state index in [9.17, 15) is 10.0 Å². The molecule has 0 amide bonds. The van der Waals surface area contributed by atoms with Gasteiger partial charge in [-0.2, -0.15) is 0 Å². The van der Waals surface area contributed by atoms with Gasteiger partial charge in [-0.05, 0) is 264 Å². The molecular weight excluding hydrogens is 1920 g/mol. The Balaban J connectivity index is 0.000000111. The zero-order valence-electron chi connectivity index (χ0n) is 80.9. The first-order valence-electron chi connectivity index (χ1n) is 49.8. The van der Waals surface area contributed by atoms with Gasteiger partial charge in [0.25, 0.3) is 0 Å². The molecule has 0 radical (unpaired) electrons. The van der Waals surface area contributed by atoms with Crippen LogP contribution in [0.25, 0.3) is 179 Å². The van der Waals surface area contributed by atoms with Gasteiger partial charge in [-0.25, -0.2) is 15.0 Å². The van der Waals surface area contributed by atoms with Crippen molar-refractivity contribution in [1.29, 1.82) is 0 Å². The van der Waals surface area contributed by atoms with Crippen LogP contribution in [-0.2, 0) is 10.8 Å². The lowest BCUT2D eigenvalue weighted by Crippen LogP contribution is -2.32.